The van der Waals surface area contributed by atoms with Crippen LogP contribution in [0.1, 0.15) is 18.9 Å². The molecule has 15 heavy (non-hydrogen) atoms. The van der Waals surface area contributed by atoms with Gasteiger partial charge in [0.05, 0.1) is 6.42 Å². The summed E-state index contributed by atoms with van der Waals surface area (Å²) in [6.45, 7) is 4.08. The van der Waals surface area contributed by atoms with Gasteiger partial charge in [-0.2, -0.15) is 11.8 Å². The third kappa shape index (κ3) is 4.88. The number of esters is 1. The van der Waals surface area contributed by atoms with Crippen molar-refractivity contribution in [1.82, 2.24) is 0 Å². The van der Waals surface area contributed by atoms with Crippen LogP contribution in [0.3, 0.4) is 0 Å². The van der Waals surface area contributed by atoms with Crippen LogP contribution in [0.5, 0.6) is 5.75 Å². The molecule has 2 nitrogen and oxygen atoms in total. The van der Waals surface area contributed by atoms with E-state index < -0.39 is 0 Å². The first-order valence-corrected chi connectivity index (χ1v) is 6.23. The van der Waals surface area contributed by atoms with E-state index in [9.17, 15) is 4.79 Å². The molecular weight excluding hydrogens is 208 g/mol. The topological polar surface area (TPSA) is 26.3 Å². The summed E-state index contributed by atoms with van der Waals surface area (Å²) in [7, 11) is 0. The Balaban J connectivity index is 2.34. The predicted octanol–water partition coefficient (Wildman–Crippen LogP) is 3.04. The molecule has 0 bridgehead atoms. The van der Waals surface area contributed by atoms with Crippen molar-refractivity contribution in [2.24, 2.45) is 0 Å². The minimum absolute atomic E-state index is 0.153. The van der Waals surface area contributed by atoms with Crippen LogP contribution in [0.25, 0.3) is 0 Å². The molecular formula is C12H16O2S. The van der Waals surface area contributed by atoms with Crippen molar-refractivity contribution in [1.29, 1.82) is 0 Å². The van der Waals surface area contributed by atoms with E-state index in [1.54, 1.807) is 11.8 Å². The average molecular weight is 224 g/mol. The lowest BCUT2D eigenvalue weighted by atomic mass is 10.2. The van der Waals surface area contributed by atoms with Crippen molar-refractivity contribution < 1.29 is 9.53 Å². The van der Waals surface area contributed by atoms with Gasteiger partial charge in [-0.15, -0.1) is 0 Å². The Bertz CT molecular complexity index is 306. The predicted molar refractivity (Wildman–Crippen MR) is 64.4 cm³/mol. The minimum Gasteiger partial charge on any atom is -0.427 e. The van der Waals surface area contributed by atoms with Crippen molar-refractivity contribution in [3.8, 4) is 5.75 Å². The number of benzene rings is 1. The number of aryl methyl sites for hydroxylation is 1. The number of carbonyl (C=O) groups is 1. The summed E-state index contributed by atoms with van der Waals surface area (Å²) in [5.74, 6) is 2.35. The van der Waals surface area contributed by atoms with E-state index in [0.29, 0.717) is 12.2 Å². The monoisotopic (exact) mass is 224 g/mol. The number of rotatable bonds is 5. The fourth-order valence-electron chi connectivity index (χ4n) is 1.09. The zero-order valence-corrected chi connectivity index (χ0v) is 9.97. The molecule has 0 fully saturated rings. The van der Waals surface area contributed by atoms with Gasteiger partial charge in [-0.25, -0.2) is 0 Å². The van der Waals surface area contributed by atoms with Crippen LogP contribution in [-0.2, 0) is 4.79 Å². The van der Waals surface area contributed by atoms with Gasteiger partial charge in [-0.05, 0) is 24.8 Å². The molecule has 0 saturated heterocycles. The summed E-state index contributed by atoms with van der Waals surface area (Å²) in [4.78, 5) is 11.3. The summed E-state index contributed by atoms with van der Waals surface area (Å²) in [5.41, 5.74) is 1.16. The lowest BCUT2D eigenvalue weighted by molar-refractivity contribution is -0.133. The van der Waals surface area contributed by atoms with E-state index >= 15 is 0 Å². The fourth-order valence-corrected chi connectivity index (χ4v) is 1.69. The Morgan fingerprint density at radius 3 is 2.60 bits per heavy atom. The highest BCUT2D eigenvalue weighted by Gasteiger charge is 2.03. The molecule has 3 heteroatoms. The van der Waals surface area contributed by atoms with Crippen molar-refractivity contribution in [3.05, 3.63) is 29.8 Å². The largest absolute Gasteiger partial charge is 0.427 e. The van der Waals surface area contributed by atoms with Crippen LogP contribution in [0.2, 0.25) is 0 Å². The van der Waals surface area contributed by atoms with E-state index in [1.807, 2.05) is 31.2 Å². The Kier molecular flexibility index (Phi) is 5.26. The second-order valence-corrected chi connectivity index (χ2v) is 4.63. The highest BCUT2D eigenvalue weighted by molar-refractivity contribution is 7.99. The molecule has 0 aliphatic rings. The maximum absolute atomic E-state index is 11.3. The van der Waals surface area contributed by atoms with Crippen molar-refractivity contribution in [2.45, 2.75) is 20.3 Å². The maximum atomic E-state index is 11.3. The first-order chi connectivity index (χ1) is 7.22. The number of thioether (sulfide) groups is 1. The standard InChI is InChI=1S/C12H16O2S/c1-3-15-9-8-12(13)14-11-6-4-10(2)5-7-11/h4-7H,3,8-9H2,1-2H3. The molecule has 0 aromatic heterocycles. The fraction of sp³-hybridized carbons (Fsp3) is 0.417. The quantitative estimate of drug-likeness (QED) is 0.437. The molecule has 1 aromatic carbocycles. The van der Waals surface area contributed by atoms with Crippen LogP contribution >= 0.6 is 11.8 Å². The SMILES string of the molecule is CCSCCC(=O)Oc1ccc(C)cc1. The summed E-state index contributed by atoms with van der Waals surface area (Å²) in [6.07, 6.45) is 0.479. The zero-order valence-electron chi connectivity index (χ0n) is 9.16. The molecule has 1 rings (SSSR count). The number of ether oxygens (including phenoxy) is 1. The third-order valence-corrected chi connectivity index (χ3v) is 2.81. The molecule has 0 N–H and O–H groups in total. The second-order valence-electron chi connectivity index (χ2n) is 3.23. The molecule has 0 amide bonds. The molecule has 0 atom stereocenters. The molecule has 0 heterocycles. The minimum atomic E-state index is -0.153. The van der Waals surface area contributed by atoms with Crippen LogP contribution in [0.4, 0.5) is 0 Å². The summed E-state index contributed by atoms with van der Waals surface area (Å²) in [5, 5.41) is 0. The van der Waals surface area contributed by atoms with Crippen LogP contribution in [0, 0.1) is 6.92 Å². The lowest BCUT2D eigenvalue weighted by Crippen LogP contribution is -2.08. The third-order valence-electron chi connectivity index (χ3n) is 1.91. The van der Waals surface area contributed by atoms with E-state index in [1.165, 1.54) is 0 Å². The molecule has 0 aliphatic heterocycles. The van der Waals surface area contributed by atoms with Gasteiger partial charge in [0.25, 0.3) is 0 Å². The Labute approximate surface area is 95.0 Å². The smallest absolute Gasteiger partial charge is 0.312 e. The first-order valence-electron chi connectivity index (χ1n) is 5.07. The first kappa shape index (κ1) is 12.1. The van der Waals surface area contributed by atoms with Gasteiger partial charge in [0.15, 0.2) is 0 Å². The van der Waals surface area contributed by atoms with Crippen molar-refractivity contribution in [3.63, 3.8) is 0 Å². The molecule has 0 saturated carbocycles. The Morgan fingerprint density at radius 1 is 1.33 bits per heavy atom. The van der Waals surface area contributed by atoms with Gasteiger partial charge >= 0.3 is 5.97 Å². The van der Waals surface area contributed by atoms with E-state index in [0.717, 1.165) is 17.1 Å². The molecule has 0 radical (unpaired) electrons. The van der Waals surface area contributed by atoms with Gasteiger partial charge in [-0.1, -0.05) is 24.6 Å². The van der Waals surface area contributed by atoms with Crippen LogP contribution in [-0.4, -0.2) is 17.5 Å². The Morgan fingerprint density at radius 2 is 2.00 bits per heavy atom. The van der Waals surface area contributed by atoms with Gasteiger partial charge in [0.2, 0.25) is 0 Å². The number of carbonyl (C=O) groups excluding carboxylic acids is 1. The highest BCUT2D eigenvalue weighted by atomic mass is 32.2. The molecule has 0 spiro atoms. The Hall–Kier alpha value is -0.960. The molecule has 0 aliphatic carbocycles. The maximum Gasteiger partial charge on any atom is 0.312 e. The number of hydrogen-bond donors (Lipinski definition) is 0. The summed E-state index contributed by atoms with van der Waals surface area (Å²) >= 11 is 1.75. The van der Waals surface area contributed by atoms with E-state index in [4.69, 9.17) is 4.74 Å². The van der Waals surface area contributed by atoms with E-state index in [-0.39, 0.29) is 5.97 Å². The van der Waals surface area contributed by atoms with Gasteiger partial charge in [0.1, 0.15) is 5.75 Å². The highest BCUT2D eigenvalue weighted by Crippen LogP contribution is 2.12. The lowest BCUT2D eigenvalue weighted by Gasteiger charge is -2.03. The van der Waals surface area contributed by atoms with Crippen molar-refractivity contribution in [2.75, 3.05) is 11.5 Å². The van der Waals surface area contributed by atoms with Crippen LogP contribution < -0.4 is 4.74 Å². The summed E-state index contributed by atoms with van der Waals surface area (Å²) in [6, 6.07) is 7.51. The molecule has 1 aromatic rings. The normalized spacial score (nSPS) is 10.0. The average Bonchev–Trinajstić information content (AvgIpc) is 2.22. The zero-order chi connectivity index (χ0) is 11.1. The molecule has 82 valence electrons. The van der Waals surface area contributed by atoms with E-state index in [2.05, 4.69) is 6.92 Å². The second kappa shape index (κ2) is 6.51. The summed E-state index contributed by atoms with van der Waals surface area (Å²) < 4.78 is 5.16. The van der Waals surface area contributed by atoms with Gasteiger partial charge < -0.3 is 4.74 Å². The number of hydrogen-bond acceptors (Lipinski definition) is 3. The van der Waals surface area contributed by atoms with Gasteiger partial charge in [-0.3, -0.25) is 4.79 Å². The van der Waals surface area contributed by atoms with Crippen molar-refractivity contribution >= 4 is 17.7 Å². The molecule has 0 unspecified atom stereocenters. The van der Waals surface area contributed by atoms with Gasteiger partial charge in [0, 0.05) is 5.75 Å². The van der Waals surface area contributed by atoms with Crippen LogP contribution in [0.15, 0.2) is 24.3 Å².